The van der Waals surface area contributed by atoms with E-state index in [2.05, 4.69) is 15.6 Å². The summed E-state index contributed by atoms with van der Waals surface area (Å²) >= 11 is 12.8. The van der Waals surface area contributed by atoms with Crippen molar-refractivity contribution in [1.29, 1.82) is 0 Å². The first-order valence-electron chi connectivity index (χ1n) is 13.4. The lowest BCUT2D eigenvalue weighted by atomic mass is 9.95. The first kappa shape index (κ1) is 32.6. The molecule has 0 unspecified atom stereocenters. The van der Waals surface area contributed by atoms with Crippen LogP contribution in [-0.2, 0) is 13.6 Å². The number of hydrogen-bond donors (Lipinski definition) is 3. The molecule has 0 bridgehead atoms. The zero-order valence-electron chi connectivity index (χ0n) is 23.2. The van der Waals surface area contributed by atoms with E-state index in [9.17, 15) is 13.6 Å². The number of hydrogen-bond acceptors (Lipinski definition) is 5. The summed E-state index contributed by atoms with van der Waals surface area (Å²) in [6.45, 7) is 7.41. The Kier molecular flexibility index (Phi) is 13.2. The molecule has 4 rings (SSSR count). The van der Waals surface area contributed by atoms with Gasteiger partial charge >= 0.3 is 0 Å². The third-order valence-corrected chi connectivity index (χ3v) is 6.91. The van der Waals surface area contributed by atoms with Crippen LogP contribution in [0, 0.1) is 0 Å². The summed E-state index contributed by atoms with van der Waals surface area (Å²) in [7, 11) is 1.74. The van der Waals surface area contributed by atoms with Crippen LogP contribution in [0.5, 0.6) is 5.75 Å². The number of ether oxygens (including phenoxy) is 1. The number of fused-ring (bicyclic) bond motifs is 1. The minimum absolute atomic E-state index is 0.0509. The van der Waals surface area contributed by atoms with Crippen molar-refractivity contribution >= 4 is 51.8 Å². The Hall–Kier alpha value is -2.62. The van der Waals surface area contributed by atoms with Crippen molar-refractivity contribution in [3.8, 4) is 5.75 Å². The first-order chi connectivity index (χ1) is 18.8. The number of nitrogens with one attached hydrogen (secondary N) is 2. The lowest BCUT2D eigenvalue weighted by molar-refractivity contribution is 0.0791. The quantitative estimate of drug-likeness (QED) is 0.250. The van der Waals surface area contributed by atoms with Crippen molar-refractivity contribution in [2.45, 2.75) is 78.8 Å². The largest absolute Gasteiger partial charge is 0.487 e. The second kappa shape index (κ2) is 15.8. The summed E-state index contributed by atoms with van der Waals surface area (Å²) in [6.07, 6.45) is 2.34. The van der Waals surface area contributed by atoms with E-state index in [0.717, 1.165) is 32.1 Å². The van der Waals surface area contributed by atoms with E-state index in [4.69, 9.17) is 33.7 Å². The number of benzene rings is 2. The van der Waals surface area contributed by atoms with Gasteiger partial charge < -0.3 is 25.7 Å². The SMILES string of the molecule is CC.CC.Cn1c(Nc2c(Cl)ccc(CN)c2Cl)nc2cc(C(=O)NC3CCCCC3)c(OCC(F)F)cc21. The Bertz CT molecular complexity index is 1230. The normalized spacial score (nSPS) is 13.3. The molecule has 1 heterocycles. The van der Waals surface area contributed by atoms with Gasteiger partial charge in [0.1, 0.15) is 12.4 Å². The summed E-state index contributed by atoms with van der Waals surface area (Å²) in [6, 6.07) is 6.58. The second-order valence-electron chi connectivity index (χ2n) is 8.57. The van der Waals surface area contributed by atoms with Crippen LogP contribution in [0.2, 0.25) is 10.0 Å². The van der Waals surface area contributed by atoms with Crippen LogP contribution < -0.4 is 21.1 Å². The maximum absolute atomic E-state index is 13.1. The summed E-state index contributed by atoms with van der Waals surface area (Å²) < 4.78 is 32.9. The molecular weight excluding hydrogens is 547 g/mol. The van der Waals surface area contributed by atoms with E-state index >= 15 is 0 Å². The van der Waals surface area contributed by atoms with Crippen molar-refractivity contribution in [3.05, 3.63) is 45.4 Å². The molecule has 2 aromatic carbocycles. The topological polar surface area (TPSA) is 94.2 Å². The van der Waals surface area contributed by atoms with Gasteiger partial charge in [0.15, 0.2) is 0 Å². The van der Waals surface area contributed by atoms with Gasteiger partial charge in [-0.2, -0.15) is 0 Å². The molecule has 0 radical (unpaired) electrons. The minimum Gasteiger partial charge on any atom is -0.487 e. The average molecular weight is 587 g/mol. The Labute approximate surface area is 239 Å². The monoisotopic (exact) mass is 585 g/mol. The molecule has 4 N–H and O–H groups in total. The Balaban J connectivity index is 0.00000127. The number of aryl methyl sites for hydroxylation is 1. The molecule has 1 aromatic heterocycles. The van der Waals surface area contributed by atoms with Crippen molar-refractivity contribution in [3.63, 3.8) is 0 Å². The van der Waals surface area contributed by atoms with E-state index in [0.29, 0.717) is 38.3 Å². The van der Waals surface area contributed by atoms with Gasteiger partial charge in [-0.1, -0.05) is 76.2 Å². The molecule has 1 aliphatic rings. The van der Waals surface area contributed by atoms with E-state index in [1.807, 2.05) is 27.7 Å². The Morgan fingerprint density at radius 3 is 2.44 bits per heavy atom. The predicted octanol–water partition coefficient (Wildman–Crippen LogP) is 7.84. The van der Waals surface area contributed by atoms with Gasteiger partial charge in [-0.25, -0.2) is 13.8 Å². The third kappa shape index (κ3) is 8.19. The third-order valence-electron chi connectivity index (χ3n) is 6.16. The highest BCUT2D eigenvalue weighted by atomic mass is 35.5. The smallest absolute Gasteiger partial charge is 0.272 e. The van der Waals surface area contributed by atoms with Crippen molar-refractivity contribution in [1.82, 2.24) is 14.9 Å². The number of nitrogens with two attached hydrogens (primary N) is 1. The van der Waals surface area contributed by atoms with Crippen LogP contribution in [0.15, 0.2) is 24.3 Å². The molecule has 0 aliphatic heterocycles. The van der Waals surface area contributed by atoms with E-state index in [1.165, 1.54) is 0 Å². The number of halogens is 4. The molecule has 11 heteroatoms. The summed E-state index contributed by atoms with van der Waals surface area (Å²) in [5, 5.41) is 6.90. The zero-order valence-corrected chi connectivity index (χ0v) is 24.7. The highest BCUT2D eigenvalue weighted by molar-refractivity contribution is 6.39. The molecule has 216 valence electrons. The Morgan fingerprint density at radius 1 is 1.15 bits per heavy atom. The van der Waals surface area contributed by atoms with E-state index < -0.39 is 13.0 Å². The van der Waals surface area contributed by atoms with Crippen LogP contribution in [0.1, 0.15) is 75.7 Å². The molecule has 1 amide bonds. The molecular formula is C28H39Cl2F2N5O2. The van der Waals surface area contributed by atoms with Gasteiger partial charge in [0.25, 0.3) is 12.3 Å². The molecule has 0 saturated heterocycles. The van der Waals surface area contributed by atoms with Gasteiger partial charge in [0.05, 0.1) is 32.3 Å². The maximum atomic E-state index is 13.1. The molecule has 1 saturated carbocycles. The van der Waals surface area contributed by atoms with Gasteiger partial charge in [0.2, 0.25) is 5.95 Å². The molecule has 0 spiro atoms. The van der Waals surface area contributed by atoms with Crippen LogP contribution >= 0.6 is 23.2 Å². The van der Waals surface area contributed by atoms with Gasteiger partial charge in [0, 0.05) is 25.7 Å². The number of amides is 1. The average Bonchev–Trinajstić information content (AvgIpc) is 3.26. The van der Waals surface area contributed by atoms with E-state index in [-0.39, 0.29) is 29.8 Å². The van der Waals surface area contributed by atoms with Crippen molar-refractivity contribution < 1.29 is 18.3 Å². The molecule has 39 heavy (non-hydrogen) atoms. The Morgan fingerprint density at radius 2 is 1.82 bits per heavy atom. The lowest BCUT2D eigenvalue weighted by Crippen LogP contribution is -2.36. The molecule has 0 atom stereocenters. The number of carbonyl (C=O) groups is 1. The lowest BCUT2D eigenvalue weighted by Gasteiger charge is -2.23. The number of alkyl halides is 2. The van der Waals surface area contributed by atoms with Gasteiger partial charge in [-0.3, -0.25) is 4.79 Å². The fraction of sp³-hybridized carbons (Fsp3) is 0.500. The highest BCUT2D eigenvalue weighted by Gasteiger charge is 2.23. The van der Waals surface area contributed by atoms with Crippen molar-refractivity contribution in [2.75, 3.05) is 11.9 Å². The summed E-state index contributed by atoms with van der Waals surface area (Å²) in [5.41, 5.74) is 8.13. The standard InChI is InChI=1S/C24H27Cl2F2N5O2.2C2H6/c1-33-18-10-19(35-12-20(27)28)15(23(34)30-14-5-3-2-4-6-14)9-17(18)31-24(33)32-22-16(25)8-7-13(11-29)21(22)26;2*1-2/h7-10,14,20H,2-6,11-12,29H2,1H3,(H,30,34)(H,31,32);2*1-2H3. The predicted molar refractivity (Wildman–Crippen MR) is 157 cm³/mol. The van der Waals surface area contributed by atoms with Gasteiger partial charge in [-0.15, -0.1) is 0 Å². The fourth-order valence-corrected chi connectivity index (χ4v) is 4.81. The van der Waals surface area contributed by atoms with Crippen LogP contribution in [0.4, 0.5) is 20.4 Å². The highest BCUT2D eigenvalue weighted by Crippen LogP contribution is 2.36. The summed E-state index contributed by atoms with van der Waals surface area (Å²) in [4.78, 5) is 17.7. The van der Waals surface area contributed by atoms with Crippen LogP contribution in [-0.4, -0.2) is 34.5 Å². The first-order valence-corrected chi connectivity index (χ1v) is 14.2. The maximum Gasteiger partial charge on any atom is 0.272 e. The van der Waals surface area contributed by atoms with Crippen LogP contribution in [0.25, 0.3) is 11.0 Å². The molecule has 1 fully saturated rings. The second-order valence-corrected chi connectivity index (χ2v) is 9.35. The number of imidazole rings is 1. The minimum atomic E-state index is -2.68. The number of carbonyl (C=O) groups excluding carboxylic acids is 1. The molecule has 3 aromatic rings. The van der Waals surface area contributed by atoms with Crippen molar-refractivity contribution in [2.24, 2.45) is 12.8 Å². The van der Waals surface area contributed by atoms with Crippen LogP contribution in [0.3, 0.4) is 0 Å². The number of anilines is 2. The number of aromatic nitrogens is 2. The summed E-state index contributed by atoms with van der Waals surface area (Å²) in [5.74, 6) is 0.0921. The zero-order chi connectivity index (χ0) is 29.1. The molecule has 7 nitrogen and oxygen atoms in total. The van der Waals surface area contributed by atoms with Gasteiger partial charge in [-0.05, 0) is 30.5 Å². The number of nitrogens with zero attached hydrogens (tertiary/aromatic N) is 2. The van der Waals surface area contributed by atoms with E-state index in [1.54, 1.807) is 35.9 Å². The molecule has 1 aliphatic carbocycles. The fourth-order valence-electron chi connectivity index (χ4n) is 4.27. The number of rotatable bonds is 8.